The lowest BCUT2D eigenvalue weighted by Crippen LogP contribution is -2.41. The van der Waals surface area contributed by atoms with Crippen LogP contribution in [0.15, 0.2) is 41.6 Å². The Morgan fingerprint density at radius 1 is 1.38 bits per heavy atom. The van der Waals surface area contributed by atoms with E-state index in [4.69, 9.17) is 4.74 Å². The van der Waals surface area contributed by atoms with Crippen LogP contribution >= 0.6 is 0 Å². The van der Waals surface area contributed by atoms with Crippen molar-refractivity contribution >= 4 is 10.0 Å². The van der Waals surface area contributed by atoms with Crippen molar-refractivity contribution < 1.29 is 13.2 Å². The van der Waals surface area contributed by atoms with Crippen molar-refractivity contribution in [1.29, 1.82) is 0 Å². The Morgan fingerprint density at radius 2 is 2.17 bits per heavy atom. The Bertz CT molecular complexity index is 816. The summed E-state index contributed by atoms with van der Waals surface area (Å²) in [6, 6.07) is 6.83. The molecule has 2 aromatic rings. The molecule has 0 N–H and O–H groups in total. The third-order valence-electron chi connectivity index (χ3n) is 4.54. The number of rotatable bonds is 5. The van der Waals surface area contributed by atoms with E-state index in [1.807, 2.05) is 26.2 Å². The highest BCUT2D eigenvalue weighted by Crippen LogP contribution is 2.30. The molecule has 7 heteroatoms. The van der Waals surface area contributed by atoms with Gasteiger partial charge in [0.15, 0.2) is 0 Å². The third-order valence-corrected chi connectivity index (χ3v) is 6.46. The van der Waals surface area contributed by atoms with Crippen molar-refractivity contribution in [1.82, 2.24) is 14.1 Å². The van der Waals surface area contributed by atoms with Crippen LogP contribution in [0, 0.1) is 6.92 Å². The van der Waals surface area contributed by atoms with E-state index in [0.717, 1.165) is 11.1 Å². The Labute approximate surface area is 143 Å². The standard InChI is InChI=1S/C17H23N3O3S/c1-13-5-4-6-15(9-13)24(21,22)20-8-7-17(23-3)16(20)10-14-11-18-19(2)12-14/h4-6,9,11-12,16-17H,7-8,10H2,1-3H3/t16-,17-/m0/s1. The minimum absolute atomic E-state index is 0.107. The Kier molecular flexibility index (Phi) is 4.76. The topological polar surface area (TPSA) is 64.4 Å². The molecule has 130 valence electrons. The van der Waals surface area contributed by atoms with Gasteiger partial charge in [0.05, 0.1) is 23.2 Å². The Morgan fingerprint density at radius 3 is 2.79 bits per heavy atom. The summed E-state index contributed by atoms with van der Waals surface area (Å²) in [5.74, 6) is 0. The highest BCUT2D eigenvalue weighted by Gasteiger charge is 2.41. The molecule has 0 amide bonds. The zero-order valence-corrected chi connectivity index (χ0v) is 15.0. The fourth-order valence-corrected chi connectivity index (χ4v) is 5.10. The molecule has 1 aliphatic heterocycles. The minimum atomic E-state index is -3.54. The summed E-state index contributed by atoms with van der Waals surface area (Å²) in [6.45, 7) is 2.37. The maximum absolute atomic E-state index is 13.1. The van der Waals surface area contributed by atoms with Gasteiger partial charge in [0, 0.05) is 26.9 Å². The van der Waals surface area contributed by atoms with Gasteiger partial charge < -0.3 is 4.74 Å². The van der Waals surface area contributed by atoms with E-state index >= 15 is 0 Å². The van der Waals surface area contributed by atoms with Gasteiger partial charge in [-0.15, -0.1) is 0 Å². The molecule has 1 saturated heterocycles. The van der Waals surface area contributed by atoms with E-state index in [0.29, 0.717) is 24.3 Å². The largest absolute Gasteiger partial charge is 0.380 e. The van der Waals surface area contributed by atoms with Crippen molar-refractivity contribution in [2.24, 2.45) is 7.05 Å². The highest BCUT2D eigenvalue weighted by molar-refractivity contribution is 7.89. The molecule has 0 aliphatic carbocycles. The monoisotopic (exact) mass is 349 g/mol. The lowest BCUT2D eigenvalue weighted by molar-refractivity contribution is 0.0810. The molecule has 1 aromatic heterocycles. The van der Waals surface area contributed by atoms with E-state index in [2.05, 4.69) is 5.10 Å². The molecule has 3 rings (SSSR count). The number of hydrogen-bond donors (Lipinski definition) is 0. The quantitative estimate of drug-likeness (QED) is 0.825. The maximum Gasteiger partial charge on any atom is 0.243 e. The van der Waals surface area contributed by atoms with Gasteiger partial charge in [-0.1, -0.05) is 12.1 Å². The number of ether oxygens (including phenoxy) is 1. The fourth-order valence-electron chi connectivity index (χ4n) is 3.33. The van der Waals surface area contributed by atoms with Crippen LogP contribution in [0.4, 0.5) is 0 Å². The van der Waals surface area contributed by atoms with Crippen LogP contribution in [0.25, 0.3) is 0 Å². The van der Waals surface area contributed by atoms with Crippen LogP contribution in [0.1, 0.15) is 17.5 Å². The lowest BCUT2D eigenvalue weighted by Gasteiger charge is -2.26. The van der Waals surface area contributed by atoms with Gasteiger partial charge >= 0.3 is 0 Å². The smallest absolute Gasteiger partial charge is 0.243 e. The van der Waals surface area contributed by atoms with Crippen LogP contribution in [0.3, 0.4) is 0 Å². The van der Waals surface area contributed by atoms with Gasteiger partial charge in [-0.05, 0) is 43.0 Å². The molecular formula is C17H23N3O3S. The fraction of sp³-hybridized carbons (Fsp3) is 0.471. The summed E-state index contributed by atoms with van der Waals surface area (Å²) >= 11 is 0. The van der Waals surface area contributed by atoms with E-state index < -0.39 is 10.0 Å². The molecule has 1 fully saturated rings. The third kappa shape index (κ3) is 3.24. The molecule has 0 radical (unpaired) electrons. The number of hydrogen-bond acceptors (Lipinski definition) is 4. The van der Waals surface area contributed by atoms with Crippen LogP contribution in [0.2, 0.25) is 0 Å². The number of nitrogens with zero attached hydrogens (tertiary/aromatic N) is 3. The molecule has 1 aromatic carbocycles. The zero-order chi connectivity index (χ0) is 17.3. The van der Waals surface area contributed by atoms with Gasteiger partial charge in [0.2, 0.25) is 10.0 Å². The average molecular weight is 349 g/mol. The summed E-state index contributed by atoms with van der Waals surface area (Å²) in [7, 11) is -0.0436. The first-order valence-corrected chi connectivity index (χ1v) is 9.44. The van der Waals surface area contributed by atoms with Gasteiger partial charge in [-0.2, -0.15) is 9.40 Å². The van der Waals surface area contributed by atoms with Crippen LogP contribution in [0.5, 0.6) is 0 Å². The van der Waals surface area contributed by atoms with Crippen molar-refractivity contribution in [2.45, 2.75) is 36.8 Å². The first kappa shape index (κ1) is 17.1. The predicted octanol–water partition coefficient (Wildman–Crippen LogP) is 1.75. The molecule has 0 unspecified atom stereocenters. The van der Waals surface area contributed by atoms with Gasteiger partial charge in [0.25, 0.3) is 0 Å². The van der Waals surface area contributed by atoms with Crippen molar-refractivity contribution in [3.8, 4) is 0 Å². The first-order valence-electron chi connectivity index (χ1n) is 8.00. The molecule has 24 heavy (non-hydrogen) atoms. The van der Waals surface area contributed by atoms with E-state index in [-0.39, 0.29) is 12.1 Å². The minimum Gasteiger partial charge on any atom is -0.380 e. The average Bonchev–Trinajstić information content (AvgIpc) is 3.14. The van der Waals surface area contributed by atoms with Crippen molar-refractivity contribution in [3.05, 3.63) is 47.8 Å². The second-order valence-electron chi connectivity index (χ2n) is 6.29. The normalized spacial score (nSPS) is 22.1. The zero-order valence-electron chi connectivity index (χ0n) is 14.2. The number of benzene rings is 1. The first-order chi connectivity index (χ1) is 11.4. The van der Waals surface area contributed by atoms with Crippen LogP contribution in [-0.4, -0.2) is 48.3 Å². The second kappa shape index (κ2) is 6.66. The second-order valence-corrected chi connectivity index (χ2v) is 8.18. The van der Waals surface area contributed by atoms with Crippen molar-refractivity contribution in [3.63, 3.8) is 0 Å². The molecular weight excluding hydrogens is 326 g/mol. The summed E-state index contributed by atoms with van der Waals surface area (Å²) in [6.07, 6.45) is 4.89. The molecule has 2 atom stereocenters. The Balaban J connectivity index is 1.92. The number of aryl methyl sites for hydroxylation is 2. The molecule has 0 saturated carbocycles. The predicted molar refractivity (Wildman–Crippen MR) is 91.2 cm³/mol. The summed E-state index contributed by atoms with van der Waals surface area (Å²) in [5, 5.41) is 4.17. The Hall–Kier alpha value is -1.70. The molecule has 1 aliphatic rings. The van der Waals surface area contributed by atoms with Gasteiger partial charge in [0.1, 0.15) is 0 Å². The molecule has 0 bridgehead atoms. The molecule has 6 nitrogen and oxygen atoms in total. The number of aromatic nitrogens is 2. The van der Waals surface area contributed by atoms with E-state index in [1.54, 1.807) is 40.5 Å². The summed E-state index contributed by atoms with van der Waals surface area (Å²) < 4.78 is 35.1. The highest BCUT2D eigenvalue weighted by atomic mass is 32.2. The maximum atomic E-state index is 13.1. The molecule has 0 spiro atoms. The van der Waals surface area contributed by atoms with Gasteiger partial charge in [-0.3, -0.25) is 4.68 Å². The lowest BCUT2D eigenvalue weighted by atomic mass is 10.1. The summed E-state index contributed by atoms with van der Waals surface area (Å²) in [5.41, 5.74) is 1.94. The van der Waals surface area contributed by atoms with Crippen LogP contribution < -0.4 is 0 Å². The van der Waals surface area contributed by atoms with Crippen molar-refractivity contribution in [2.75, 3.05) is 13.7 Å². The SMILES string of the molecule is CO[C@H]1CCN(S(=O)(=O)c2cccc(C)c2)[C@H]1Cc1cnn(C)c1. The van der Waals surface area contributed by atoms with E-state index in [1.165, 1.54) is 0 Å². The number of methoxy groups -OCH3 is 1. The summed E-state index contributed by atoms with van der Waals surface area (Å²) in [4.78, 5) is 0.343. The molecule has 2 heterocycles. The van der Waals surface area contributed by atoms with Gasteiger partial charge in [-0.25, -0.2) is 8.42 Å². The number of sulfonamides is 1. The van der Waals surface area contributed by atoms with E-state index in [9.17, 15) is 8.42 Å². The van der Waals surface area contributed by atoms with Crippen LogP contribution in [-0.2, 0) is 28.2 Å².